The molecule has 3 fully saturated rings. The molecule has 0 N–H and O–H groups in total. The first-order valence-electron chi connectivity index (χ1n) is 4.10. The normalized spacial score (nSPS) is 61.3. The van der Waals surface area contributed by atoms with E-state index in [4.69, 9.17) is 4.74 Å². The Kier molecular flexibility index (Phi) is 0.704. The van der Waals surface area contributed by atoms with Gasteiger partial charge in [0.1, 0.15) is 0 Å². The number of fused-ring (bicyclic) bond motifs is 3. The van der Waals surface area contributed by atoms with Crippen LogP contribution in [0.1, 0.15) is 25.7 Å². The van der Waals surface area contributed by atoms with Crippen molar-refractivity contribution in [2.45, 2.75) is 37.9 Å². The minimum atomic E-state index is 0.722. The summed E-state index contributed by atoms with van der Waals surface area (Å²) in [5, 5.41) is 0. The fourth-order valence-electron chi connectivity index (χ4n) is 2.81. The summed E-state index contributed by atoms with van der Waals surface area (Å²) in [7, 11) is 0. The van der Waals surface area contributed by atoms with Gasteiger partial charge in [-0.2, -0.15) is 0 Å². The van der Waals surface area contributed by atoms with Crippen LogP contribution in [0.25, 0.3) is 0 Å². The monoisotopic (exact) mass is 124 g/mol. The average Bonchev–Trinajstić information content (AvgIpc) is 2.38. The van der Waals surface area contributed by atoms with Crippen molar-refractivity contribution in [3.05, 3.63) is 0 Å². The van der Waals surface area contributed by atoms with E-state index in [-0.39, 0.29) is 0 Å². The molecule has 2 saturated carbocycles. The van der Waals surface area contributed by atoms with Crippen molar-refractivity contribution in [3.63, 3.8) is 0 Å². The van der Waals surface area contributed by atoms with Gasteiger partial charge >= 0.3 is 0 Å². The van der Waals surface area contributed by atoms with Gasteiger partial charge in [-0.15, -0.1) is 0 Å². The van der Waals surface area contributed by atoms with Crippen molar-refractivity contribution >= 4 is 0 Å². The van der Waals surface area contributed by atoms with Crippen molar-refractivity contribution in [1.29, 1.82) is 0 Å². The predicted octanol–water partition coefficient (Wildman–Crippen LogP) is 1.57. The Bertz CT molecular complexity index is 144. The van der Waals surface area contributed by atoms with Crippen LogP contribution in [-0.4, -0.2) is 12.2 Å². The molecule has 0 aromatic heterocycles. The predicted molar refractivity (Wildman–Crippen MR) is 34.1 cm³/mol. The molecule has 1 nitrogen and oxygen atoms in total. The molecule has 0 spiro atoms. The summed E-state index contributed by atoms with van der Waals surface area (Å²) in [5.74, 6) is 2.07. The number of ether oxygens (including phenoxy) is 1. The summed E-state index contributed by atoms with van der Waals surface area (Å²) in [6, 6.07) is 0. The van der Waals surface area contributed by atoms with E-state index in [1.165, 1.54) is 25.7 Å². The first-order chi connectivity index (χ1) is 4.45. The zero-order valence-electron chi connectivity index (χ0n) is 5.55. The molecule has 0 aromatic carbocycles. The molecule has 0 radical (unpaired) electrons. The highest BCUT2D eigenvalue weighted by molar-refractivity contribution is 5.04. The first kappa shape index (κ1) is 4.73. The smallest absolute Gasteiger partial charge is 0.0872 e. The summed E-state index contributed by atoms with van der Waals surface area (Å²) >= 11 is 0. The molecule has 1 saturated heterocycles. The summed E-state index contributed by atoms with van der Waals surface area (Å²) in [5.41, 5.74) is 0. The Morgan fingerprint density at radius 1 is 1.22 bits per heavy atom. The maximum Gasteiger partial charge on any atom is 0.0872 e. The molecule has 3 aliphatic rings. The second-order valence-electron chi connectivity index (χ2n) is 3.73. The summed E-state index contributed by atoms with van der Waals surface area (Å²) < 4.78 is 5.47. The van der Waals surface area contributed by atoms with E-state index >= 15 is 0 Å². The summed E-state index contributed by atoms with van der Waals surface area (Å²) in [6.07, 6.45) is 7.29. The quantitative estimate of drug-likeness (QED) is 0.446. The molecular weight excluding hydrogens is 112 g/mol. The van der Waals surface area contributed by atoms with Gasteiger partial charge in [-0.05, 0) is 31.1 Å². The lowest BCUT2D eigenvalue weighted by molar-refractivity contribution is 0.225. The van der Waals surface area contributed by atoms with Gasteiger partial charge in [-0.3, -0.25) is 0 Å². The average molecular weight is 124 g/mol. The second kappa shape index (κ2) is 1.34. The second-order valence-corrected chi connectivity index (χ2v) is 3.73. The molecule has 1 aliphatic heterocycles. The van der Waals surface area contributed by atoms with Crippen LogP contribution >= 0.6 is 0 Å². The molecule has 0 bridgehead atoms. The lowest BCUT2D eigenvalue weighted by Gasteiger charge is -2.09. The van der Waals surface area contributed by atoms with Gasteiger partial charge in [0.05, 0.1) is 12.2 Å². The Balaban J connectivity index is 1.88. The van der Waals surface area contributed by atoms with Crippen molar-refractivity contribution < 1.29 is 4.74 Å². The lowest BCUT2D eigenvalue weighted by Crippen LogP contribution is -2.06. The SMILES string of the molecule is C1C[C@@H]2C[C@H]3O[C@H]3[C@@H]2C1. The van der Waals surface area contributed by atoms with Crippen molar-refractivity contribution in [1.82, 2.24) is 0 Å². The molecule has 1 heteroatoms. The molecule has 3 rings (SSSR count). The molecule has 9 heavy (non-hydrogen) atoms. The molecule has 2 aliphatic carbocycles. The highest BCUT2D eigenvalue weighted by atomic mass is 16.6. The Labute approximate surface area is 55.4 Å². The molecule has 0 amide bonds. The van der Waals surface area contributed by atoms with Crippen LogP contribution in [0.5, 0.6) is 0 Å². The maximum atomic E-state index is 5.47. The fourth-order valence-corrected chi connectivity index (χ4v) is 2.81. The largest absolute Gasteiger partial charge is 0.369 e. The standard InChI is InChI=1S/C8H12O/c1-2-5-4-7-8(9-7)6(5)3-1/h5-8H,1-4H2/t5-,6-,7-,8+/m1/s1. The van der Waals surface area contributed by atoms with Crippen LogP contribution in [0.15, 0.2) is 0 Å². The van der Waals surface area contributed by atoms with Gasteiger partial charge in [0.2, 0.25) is 0 Å². The number of epoxide rings is 1. The van der Waals surface area contributed by atoms with Gasteiger partial charge in [0.25, 0.3) is 0 Å². The van der Waals surface area contributed by atoms with Gasteiger partial charge < -0.3 is 4.74 Å². The van der Waals surface area contributed by atoms with Crippen LogP contribution in [-0.2, 0) is 4.74 Å². The van der Waals surface area contributed by atoms with Crippen LogP contribution < -0.4 is 0 Å². The van der Waals surface area contributed by atoms with Crippen molar-refractivity contribution in [3.8, 4) is 0 Å². The zero-order chi connectivity index (χ0) is 5.84. The zero-order valence-corrected chi connectivity index (χ0v) is 5.55. The molecule has 50 valence electrons. The van der Waals surface area contributed by atoms with E-state index in [1.807, 2.05) is 0 Å². The third-order valence-electron chi connectivity index (χ3n) is 3.30. The van der Waals surface area contributed by atoms with Gasteiger partial charge in [-0.25, -0.2) is 0 Å². The van der Waals surface area contributed by atoms with Crippen LogP contribution in [0, 0.1) is 11.8 Å². The lowest BCUT2D eigenvalue weighted by atomic mass is 10.00. The van der Waals surface area contributed by atoms with Crippen LogP contribution in [0.4, 0.5) is 0 Å². The fraction of sp³-hybridized carbons (Fsp3) is 1.00. The summed E-state index contributed by atoms with van der Waals surface area (Å²) in [6.45, 7) is 0. The van der Waals surface area contributed by atoms with Crippen LogP contribution in [0.2, 0.25) is 0 Å². The van der Waals surface area contributed by atoms with Crippen molar-refractivity contribution in [2.24, 2.45) is 11.8 Å². The minimum Gasteiger partial charge on any atom is -0.369 e. The Morgan fingerprint density at radius 3 is 3.11 bits per heavy atom. The van der Waals surface area contributed by atoms with E-state index in [0.717, 1.165) is 24.0 Å². The summed E-state index contributed by atoms with van der Waals surface area (Å²) in [4.78, 5) is 0. The molecular formula is C8H12O. The highest BCUT2D eigenvalue weighted by Gasteiger charge is 2.56. The molecule has 1 heterocycles. The Hall–Kier alpha value is -0.0400. The van der Waals surface area contributed by atoms with Crippen molar-refractivity contribution in [2.75, 3.05) is 0 Å². The maximum absolute atomic E-state index is 5.47. The number of hydrogen-bond acceptors (Lipinski definition) is 1. The van der Waals surface area contributed by atoms with Gasteiger partial charge in [0, 0.05) is 0 Å². The first-order valence-corrected chi connectivity index (χ1v) is 4.10. The van der Waals surface area contributed by atoms with E-state index in [1.54, 1.807) is 0 Å². The highest BCUT2D eigenvalue weighted by Crippen LogP contribution is 2.53. The van der Waals surface area contributed by atoms with E-state index in [9.17, 15) is 0 Å². The topological polar surface area (TPSA) is 12.5 Å². The van der Waals surface area contributed by atoms with E-state index in [2.05, 4.69) is 0 Å². The molecule has 4 atom stereocenters. The molecule has 0 aromatic rings. The minimum absolute atomic E-state index is 0.722. The van der Waals surface area contributed by atoms with Gasteiger partial charge in [-0.1, -0.05) is 6.42 Å². The van der Waals surface area contributed by atoms with Gasteiger partial charge in [0.15, 0.2) is 0 Å². The van der Waals surface area contributed by atoms with E-state index in [0.29, 0.717) is 0 Å². The van der Waals surface area contributed by atoms with Crippen LogP contribution in [0.3, 0.4) is 0 Å². The van der Waals surface area contributed by atoms with E-state index < -0.39 is 0 Å². The number of rotatable bonds is 0. The Morgan fingerprint density at radius 2 is 2.22 bits per heavy atom. The third kappa shape index (κ3) is 0.493. The molecule has 0 unspecified atom stereocenters. The number of hydrogen-bond donors (Lipinski definition) is 0. The third-order valence-corrected chi connectivity index (χ3v) is 3.30.